The van der Waals surface area contributed by atoms with Crippen LogP contribution in [-0.4, -0.2) is 41.1 Å². The summed E-state index contributed by atoms with van der Waals surface area (Å²) in [7, 11) is 0. The minimum atomic E-state index is -4.83. The van der Waals surface area contributed by atoms with Crippen molar-refractivity contribution in [1.29, 1.82) is 0 Å². The molecule has 3 heterocycles. The maximum Gasteiger partial charge on any atom is 0.433 e. The molecule has 0 spiro atoms. The Bertz CT molecular complexity index is 2280. The normalized spacial score (nSPS) is 18.2. The molecule has 1 saturated carbocycles. The van der Waals surface area contributed by atoms with Gasteiger partial charge in [0.2, 0.25) is 0 Å². The van der Waals surface area contributed by atoms with E-state index in [1.54, 1.807) is 36.4 Å². The lowest BCUT2D eigenvalue weighted by Crippen LogP contribution is -2.32. The number of alkyl halides is 3. The zero-order chi connectivity index (χ0) is 36.9. The molecule has 0 bridgehead atoms. The zero-order valence-corrected chi connectivity index (χ0v) is 27.8. The molecule has 0 unspecified atom stereocenters. The first-order chi connectivity index (χ1) is 24.8. The van der Waals surface area contributed by atoms with Gasteiger partial charge in [0.1, 0.15) is 0 Å². The topological polar surface area (TPSA) is 149 Å². The number of hydrazone groups is 1. The highest BCUT2D eigenvalue weighted by atomic mass is 19.4. The predicted octanol–water partition coefficient (Wildman–Crippen LogP) is 8.79. The number of carbonyl (C=O) groups excluding carboxylic acids is 1. The molecule has 264 valence electrons. The first-order valence-corrected chi connectivity index (χ1v) is 16.5. The molecule has 1 amide bonds. The summed E-state index contributed by atoms with van der Waals surface area (Å²) in [4.78, 5) is 40.3. The van der Waals surface area contributed by atoms with Gasteiger partial charge in [0.05, 0.1) is 27.3 Å². The Kier molecular flexibility index (Phi) is 8.64. The quantitative estimate of drug-likeness (QED) is 0.121. The number of allylic oxidation sites excluding steroid dienone is 1. The van der Waals surface area contributed by atoms with E-state index in [1.807, 2.05) is 32.1 Å². The number of carbonyl (C=O) groups is 1. The lowest BCUT2D eigenvalue weighted by Gasteiger charge is -2.29. The summed E-state index contributed by atoms with van der Waals surface area (Å²) in [6.45, 7) is 4.02. The minimum Gasteiger partial charge on any atom is -0.265 e. The highest BCUT2D eigenvalue weighted by Crippen LogP contribution is 2.45. The largest absolute Gasteiger partial charge is 0.433 e. The molecule has 1 aliphatic carbocycles. The van der Waals surface area contributed by atoms with E-state index in [9.17, 15) is 38.2 Å². The van der Waals surface area contributed by atoms with Gasteiger partial charge in [-0.3, -0.25) is 25.0 Å². The van der Waals surface area contributed by atoms with Crippen LogP contribution in [-0.2, 0) is 6.18 Å². The van der Waals surface area contributed by atoms with Crippen molar-refractivity contribution in [2.24, 2.45) is 11.0 Å². The lowest BCUT2D eigenvalue weighted by molar-refractivity contribution is -0.385. The number of benzene rings is 3. The third-order valence-corrected chi connectivity index (χ3v) is 9.41. The second-order valence-corrected chi connectivity index (χ2v) is 13.0. The van der Waals surface area contributed by atoms with Gasteiger partial charge < -0.3 is 0 Å². The van der Waals surface area contributed by atoms with Gasteiger partial charge in [-0.1, -0.05) is 50.2 Å². The van der Waals surface area contributed by atoms with Crippen molar-refractivity contribution in [3.63, 3.8) is 0 Å². The van der Waals surface area contributed by atoms with Crippen LogP contribution in [0.5, 0.6) is 0 Å². The van der Waals surface area contributed by atoms with Gasteiger partial charge in [-0.05, 0) is 71.7 Å². The number of hydrogen-bond acceptors (Lipinski definition) is 8. The summed E-state index contributed by atoms with van der Waals surface area (Å²) in [6.07, 6.45) is -1.08. The first kappa shape index (κ1) is 34.2. The van der Waals surface area contributed by atoms with Crippen LogP contribution in [0.25, 0.3) is 23.0 Å². The third-order valence-electron chi connectivity index (χ3n) is 9.41. The molecule has 2 atom stereocenters. The van der Waals surface area contributed by atoms with E-state index in [0.717, 1.165) is 17.2 Å². The second-order valence-electron chi connectivity index (χ2n) is 13.0. The molecule has 0 saturated heterocycles. The summed E-state index contributed by atoms with van der Waals surface area (Å²) < 4.78 is 44.0. The lowest BCUT2D eigenvalue weighted by atomic mass is 9.77. The predicted molar refractivity (Wildman–Crippen MR) is 185 cm³/mol. The molecule has 2 aromatic heterocycles. The van der Waals surface area contributed by atoms with Gasteiger partial charge in [0, 0.05) is 41.8 Å². The SMILES string of the molecule is CC(C)c1ccc(-c2cc(C(F)(F)F)n3nc(C(=O)N4N=C5/C(=C\c6ccc([N+](=O)[O-])cc6)CCC[C@@H]5[C@@H]4c4ccc([N+](=O)[O-])cc4)cc3n2)cc1. The molecule has 0 radical (unpaired) electrons. The second kappa shape index (κ2) is 13.1. The molecule has 1 fully saturated rings. The van der Waals surface area contributed by atoms with E-state index in [0.29, 0.717) is 46.2 Å². The van der Waals surface area contributed by atoms with Crippen molar-refractivity contribution in [2.75, 3.05) is 0 Å². The molecular formula is C37H30F3N7O5. The number of non-ortho nitro benzene ring substituents is 2. The van der Waals surface area contributed by atoms with Gasteiger partial charge in [0.15, 0.2) is 17.0 Å². The monoisotopic (exact) mass is 709 g/mol. The molecular weight excluding hydrogens is 679 g/mol. The molecule has 7 rings (SSSR count). The van der Waals surface area contributed by atoms with E-state index in [-0.39, 0.29) is 40.2 Å². The number of amides is 1. The molecule has 5 aromatic rings. The zero-order valence-electron chi connectivity index (χ0n) is 27.8. The maximum atomic E-state index is 14.5. The van der Waals surface area contributed by atoms with Gasteiger partial charge in [-0.2, -0.15) is 23.4 Å². The molecule has 3 aromatic carbocycles. The van der Waals surface area contributed by atoms with Gasteiger partial charge >= 0.3 is 6.18 Å². The Labute approximate surface area is 294 Å². The van der Waals surface area contributed by atoms with E-state index >= 15 is 0 Å². The molecule has 0 N–H and O–H groups in total. The van der Waals surface area contributed by atoms with Crippen LogP contribution in [0, 0.1) is 26.1 Å². The van der Waals surface area contributed by atoms with Crippen LogP contribution < -0.4 is 0 Å². The van der Waals surface area contributed by atoms with Crippen LogP contribution in [0.2, 0.25) is 0 Å². The number of hydrogen-bond donors (Lipinski definition) is 0. The average Bonchev–Trinajstić information content (AvgIpc) is 3.74. The Morgan fingerprint density at radius 1 is 0.923 bits per heavy atom. The summed E-state index contributed by atoms with van der Waals surface area (Å²) >= 11 is 0. The van der Waals surface area contributed by atoms with Crippen LogP contribution in [0.15, 0.2) is 95.6 Å². The fourth-order valence-corrected chi connectivity index (χ4v) is 6.77. The van der Waals surface area contributed by atoms with E-state index in [2.05, 4.69) is 10.1 Å². The summed E-state index contributed by atoms with van der Waals surface area (Å²) in [5, 5.41) is 32.6. The fourth-order valence-electron chi connectivity index (χ4n) is 6.77. The average molecular weight is 710 g/mol. The molecule has 52 heavy (non-hydrogen) atoms. The number of nitro groups is 2. The molecule has 12 nitrogen and oxygen atoms in total. The van der Waals surface area contributed by atoms with Crippen molar-refractivity contribution < 1.29 is 27.8 Å². The Balaban J connectivity index is 1.31. The smallest absolute Gasteiger partial charge is 0.265 e. The number of halogens is 3. The number of nitro benzene ring substituents is 2. The number of rotatable bonds is 7. The van der Waals surface area contributed by atoms with Crippen molar-refractivity contribution in [3.05, 3.63) is 139 Å². The van der Waals surface area contributed by atoms with Crippen LogP contribution in [0.3, 0.4) is 0 Å². The number of nitrogens with zero attached hydrogens (tertiary/aromatic N) is 7. The van der Waals surface area contributed by atoms with Crippen molar-refractivity contribution >= 4 is 34.7 Å². The Morgan fingerprint density at radius 2 is 1.56 bits per heavy atom. The number of aromatic nitrogens is 3. The molecule has 1 aliphatic heterocycles. The first-order valence-electron chi connectivity index (χ1n) is 16.5. The standard InChI is InChI=1S/C37H30F3N7O5/c1-21(2)23-8-10-24(11-9-23)30-19-32(37(38,39)40)44-33(41-30)20-31(42-44)36(48)45-35(25-12-16-28(17-13-25)47(51)52)29-5-3-4-26(34(29)43-45)18-22-6-14-27(15-7-22)46(49)50/h6-21,29,35H,3-5H2,1-2H3/b26-18-/t29-,35-/m0/s1. The molecule has 15 heteroatoms. The van der Waals surface area contributed by atoms with Gasteiger partial charge in [-0.15, -0.1) is 0 Å². The van der Waals surface area contributed by atoms with Crippen LogP contribution in [0.4, 0.5) is 24.5 Å². The van der Waals surface area contributed by atoms with E-state index in [4.69, 9.17) is 5.10 Å². The summed E-state index contributed by atoms with van der Waals surface area (Å²) in [5.74, 6) is -0.911. The van der Waals surface area contributed by atoms with Crippen molar-refractivity contribution in [1.82, 2.24) is 19.6 Å². The van der Waals surface area contributed by atoms with Gasteiger partial charge in [0.25, 0.3) is 17.3 Å². The van der Waals surface area contributed by atoms with E-state index in [1.165, 1.54) is 35.3 Å². The molecule has 2 aliphatic rings. The minimum absolute atomic E-state index is 0.0613. The van der Waals surface area contributed by atoms with Crippen molar-refractivity contribution in [3.8, 4) is 11.3 Å². The van der Waals surface area contributed by atoms with E-state index < -0.39 is 33.7 Å². The Hall–Kier alpha value is -6.25. The highest BCUT2D eigenvalue weighted by Gasteiger charge is 2.45. The van der Waals surface area contributed by atoms with Crippen LogP contribution in [0.1, 0.15) is 77.9 Å². The van der Waals surface area contributed by atoms with Crippen molar-refractivity contribution in [2.45, 2.75) is 51.2 Å². The Morgan fingerprint density at radius 3 is 2.15 bits per heavy atom. The fraction of sp³-hybridized carbons (Fsp3) is 0.243. The van der Waals surface area contributed by atoms with Gasteiger partial charge in [-0.25, -0.2) is 14.5 Å². The summed E-state index contributed by atoms with van der Waals surface area (Å²) in [6, 6.07) is 20.1. The summed E-state index contributed by atoms with van der Waals surface area (Å²) in [5.41, 5.74) is 2.30. The third kappa shape index (κ3) is 6.40. The van der Waals surface area contributed by atoms with Crippen LogP contribution >= 0.6 is 0 Å². The maximum absolute atomic E-state index is 14.5. The number of fused-ring (bicyclic) bond motifs is 2. The highest BCUT2D eigenvalue weighted by molar-refractivity contribution is 6.09.